The second-order valence-corrected chi connectivity index (χ2v) is 8.10. The zero-order valence-electron chi connectivity index (χ0n) is 17.4. The number of benzene rings is 2. The van der Waals surface area contributed by atoms with E-state index in [0.29, 0.717) is 28.7 Å². The fourth-order valence-corrected chi connectivity index (χ4v) is 4.15. The Balaban J connectivity index is 1.44. The van der Waals surface area contributed by atoms with Gasteiger partial charge in [0, 0.05) is 24.1 Å². The van der Waals surface area contributed by atoms with Crippen LogP contribution in [0.15, 0.2) is 41.8 Å². The summed E-state index contributed by atoms with van der Waals surface area (Å²) in [7, 11) is 1.47. The number of hydrogen-bond donors (Lipinski definition) is 1. The van der Waals surface area contributed by atoms with Crippen LogP contribution in [0.25, 0.3) is 10.6 Å². The minimum atomic E-state index is -0.673. The third-order valence-electron chi connectivity index (χ3n) is 5.10. The molecule has 2 heterocycles. The summed E-state index contributed by atoms with van der Waals surface area (Å²) in [5.41, 5.74) is 0.906. The first kappa shape index (κ1) is 22.2. The zero-order valence-corrected chi connectivity index (χ0v) is 18.2. The number of nitrogens with zero attached hydrogens (tertiary/aromatic N) is 1. The zero-order chi connectivity index (χ0) is 22.5. The van der Waals surface area contributed by atoms with E-state index in [9.17, 15) is 13.6 Å². The lowest BCUT2D eigenvalue weighted by atomic mass is 10.2. The fraction of sp³-hybridized carbons (Fsp3) is 0.304. The molecule has 1 saturated heterocycles. The minimum absolute atomic E-state index is 0.0618. The maximum absolute atomic E-state index is 13.8. The molecule has 3 aromatic rings. The van der Waals surface area contributed by atoms with E-state index in [1.807, 2.05) is 0 Å². The van der Waals surface area contributed by atoms with E-state index < -0.39 is 11.6 Å². The Bertz CT molecular complexity index is 1080. The molecule has 0 aliphatic carbocycles. The third kappa shape index (κ3) is 5.05. The van der Waals surface area contributed by atoms with Gasteiger partial charge in [-0.3, -0.25) is 4.79 Å². The van der Waals surface area contributed by atoms with Crippen LogP contribution in [0.1, 0.15) is 28.9 Å². The summed E-state index contributed by atoms with van der Waals surface area (Å²) >= 11 is 1.33. The Hall–Kier alpha value is -3.04. The van der Waals surface area contributed by atoms with Crippen molar-refractivity contribution in [2.45, 2.75) is 25.6 Å². The Morgan fingerprint density at radius 1 is 1.25 bits per heavy atom. The number of nitrogens with one attached hydrogen (secondary N) is 1. The van der Waals surface area contributed by atoms with Crippen molar-refractivity contribution in [2.75, 3.05) is 20.3 Å². The Morgan fingerprint density at radius 2 is 2.06 bits per heavy atom. The van der Waals surface area contributed by atoms with E-state index in [4.69, 9.17) is 14.2 Å². The molecule has 9 heteroatoms. The van der Waals surface area contributed by atoms with E-state index in [1.165, 1.54) is 36.6 Å². The van der Waals surface area contributed by atoms with Crippen molar-refractivity contribution >= 4 is 17.2 Å². The summed E-state index contributed by atoms with van der Waals surface area (Å²) in [5, 5.41) is 5.18. The first-order valence-corrected chi connectivity index (χ1v) is 11.0. The number of rotatable bonds is 8. The van der Waals surface area contributed by atoms with Gasteiger partial charge >= 0.3 is 0 Å². The second kappa shape index (κ2) is 10.1. The third-order valence-corrected chi connectivity index (χ3v) is 5.99. The van der Waals surface area contributed by atoms with Crippen LogP contribution < -0.4 is 14.8 Å². The molecule has 32 heavy (non-hydrogen) atoms. The summed E-state index contributed by atoms with van der Waals surface area (Å²) < 4.78 is 44.1. The summed E-state index contributed by atoms with van der Waals surface area (Å²) in [6, 6.07) is 8.76. The molecule has 0 saturated carbocycles. The molecule has 1 amide bonds. The van der Waals surface area contributed by atoms with Gasteiger partial charge in [0.25, 0.3) is 5.91 Å². The molecule has 1 fully saturated rings. The highest BCUT2D eigenvalue weighted by Gasteiger charge is 2.19. The molecule has 0 spiro atoms. The lowest BCUT2D eigenvalue weighted by Crippen LogP contribution is -2.31. The molecular formula is C23H22F2N2O4S. The van der Waals surface area contributed by atoms with Gasteiger partial charge < -0.3 is 19.5 Å². The first-order valence-electron chi connectivity index (χ1n) is 10.1. The topological polar surface area (TPSA) is 69.7 Å². The van der Waals surface area contributed by atoms with Crippen LogP contribution >= 0.6 is 11.3 Å². The predicted octanol–water partition coefficient (Wildman–Crippen LogP) is 4.58. The SMILES string of the molecule is COc1cc(-c2nc(C(=O)NCC3CCCO3)cs2)ccc1OCc1c(F)cccc1F. The summed E-state index contributed by atoms with van der Waals surface area (Å²) in [6.07, 6.45) is 2.02. The first-order chi connectivity index (χ1) is 15.5. The lowest BCUT2D eigenvalue weighted by molar-refractivity contribution is 0.0854. The average Bonchev–Trinajstić information content (AvgIpc) is 3.49. The summed E-state index contributed by atoms with van der Waals surface area (Å²) in [5.74, 6) is -0.868. The molecule has 0 bridgehead atoms. The molecule has 1 atom stereocenters. The van der Waals surface area contributed by atoms with Crippen molar-refractivity contribution in [3.8, 4) is 22.1 Å². The number of halogens is 2. The quantitative estimate of drug-likeness (QED) is 0.533. The lowest BCUT2D eigenvalue weighted by Gasteiger charge is -2.12. The molecule has 0 radical (unpaired) electrons. The van der Waals surface area contributed by atoms with Crippen LogP contribution in [-0.4, -0.2) is 37.3 Å². The maximum atomic E-state index is 13.8. The Morgan fingerprint density at radius 3 is 2.78 bits per heavy atom. The van der Waals surface area contributed by atoms with Gasteiger partial charge in [-0.15, -0.1) is 11.3 Å². The van der Waals surface area contributed by atoms with Gasteiger partial charge in [0.05, 0.1) is 18.8 Å². The predicted molar refractivity (Wildman–Crippen MR) is 116 cm³/mol. The largest absolute Gasteiger partial charge is 0.493 e. The number of carbonyl (C=O) groups is 1. The van der Waals surface area contributed by atoms with E-state index >= 15 is 0 Å². The average molecular weight is 461 g/mol. The monoisotopic (exact) mass is 460 g/mol. The van der Waals surface area contributed by atoms with Crippen molar-refractivity contribution in [1.82, 2.24) is 10.3 Å². The van der Waals surface area contributed by atoms with Gasteiger partial charge in [-0.25, -0.2) is 13.8 Å². The molecule has 1 unspecified atom stereocenters. The van der Waals surface area contributed by atoms with Crippen molar-refractivity contribution in [3.05, 3.63) is 64.7 Å². The van der Waals surface area contributed by atoms with Crippen LogP contribution in [0, 0.1) is 11.6 Å². The van der Waals surface area contributed by atoms with E-state index in [2.05, 4.69) is 10.3 Å². The van der Waals surface area contributed by atoms with E-state index in [1.54, 1.807) is 23.6 Å². The van der Waals surface area contributed by atoms with Crippen LogP contribution in [0.2, 0.25) is 0 Å². The van der Waals surface area contributed by atoms with Gasteiger partial charge in [-0.2, -0.15) is 0 Å². The van der Waals surface area contributed by atoms with Crippen molar-refractivity contribution in [1.29, 1.82) is 0 Å². The van der Waals surface area contributed by atoms with Crippen LogP contribution in [0.5, 0.6) is 11.5 Å². The number of amides is 1. The molecule has 6 nitrogen and oxygen atoms in total. The molecule has 2 aromatic carbocycles. The normalized spacial score (nSPS) is 15.5. The summed E-state index contributed by atoms with van der Waals surface area (Å²) in [4.78, 5) is 16.8. The number of carbonyl (C=O) groups excluding carboxylic acids is 1. The van der Waals surface area contributed by atoms with Crippen LogP contribution in [0.4, 0.5) is 8.78 Å². The van der Waals surface area contributed by atoms with Crippen LogP contribution in [-0.2, 0) is 11.3 Å². The minimum Gasteiger partial charge on any atom is -0.493 e. The molecule has 168 valence electrons. The highest BCUT2D eigenvalue weighted by Crippen LogP contribution is 2.34. The number of aromatic nitrogens is 1. The van der Waals surface area contributed by atoms with Crippen molar-refractivity contribution in [3.63, 3.8) is 0 Å². The smallest absolute Gasteiger partial charge is 0.270 e. The number of hydrogen-bond acceptors (Lipinski definition) is 6. The van der Waals surface area contributed by atoms with Gasteiger partial charge in [0.1, 0.15) is 28.9 Å². The van der Waals surface area contributed by atoms with Gasteiger partial charge in [-0.05, 0) is 43.2 Å². The standard InChI is InChI=1S/C23H22F2N2O4S/c1-29-21-10-14(7-8-20(21)31-12-16-17(24)5-2-6-18(16)25)23-27-19(13-32-23)22(28)26-11-15-4-3-9-30-15/h2,5-8,10,13,15H,3-4,9,11-12H2,1H3,(H,26,28). The number of ether oxygens (including phenoxy) is 3. The number of methoxy groups -OCH3 is 1. The molecule has 1 aliphatic heterocycles. The van der Waals surface area contributed by atoms with Gasteiger partial charge in [-0.1, -0.05) is 6.07 Å². The van der Waals surface area contributed by atoms with Gasteiger partial charge in [0.15, 0.2) is 11.5 Å². The van der Waals surface area contributed by atoms with Gasteiger partial charge in [0.2, 0.25) is 0 Å². The van der Waals surface area contributed by atoms with E-state index in [0.717, 1.165) is 25.0 Å². The highest BCUT2D eigenvalue weighted by molar-refractivity contribution is 7.13. The molecular weight excluding hydrogens is 438 g/mol. The fourth-order valence-electron chi connectivity index (χ4n) is 3.35. The van der Waals surface area contributed by atoms with Crippen LogP contribution in [0.3, 0.4) is 0 Å². The summed E-state index contributed by atoms with van der Waals surface area (Å²) in [6.45, 7) is 0.923. The maximum Gasteiger partial charge on any atom is 0.270 e. The Kier molecular flexibility index (Phi) is 6.96. The molecule has 4 rings (SSSR count). The number of thiazole rings is 1. The van der Waals surface area contributed by atoms with Crippen molar-refractivity contribution in [2.24, 2.45) is 0 Å². The highest BCUT2D eigenvalue weighted by atomic mass is 32.1. The molecule has 1 aromatic heterocycles. The van der Waals surface area contributed by atoms with Crippen molar-refractivity contribution < 1.29 is 27.8 Å². The Labute approximate surface area is 188 Å². The molecule has 1 aliphatic rings. The molecule has 1 N–H and O–H groups in total. The second-order valence-electron chi connectivity index (χ2n) is 7.24. The van der Waals surface area contributed by atoms with E-state index in [-0.39, 0.29) is 24.2 Å².